The van der Waals surface area contributed by atoms with Crippen LogP contribution < -0.4 is 0 Å². The summed E-state index contributed by atoms with van der Waals surface area (Å²) in [6.45, 7) is 0. The molecular weight excluding hydrogens is 343 g/mol. The minimum atomic E-state index is -4.33. The van der Waals surface area contributed by atoms with Gasteiger partial charge in [-0.05, 0) is 35.4 Å². The molecule has 2 aromatic carbocycles. The van der Waals surface area contributed by atoms with Gasteiger partial charge < -0.3 is 4.98 Å². The number of alkyl halides is 3. The third kappa shape index (κ3) is 2.83. The maximum absolute atomic E-state index is 13.0. The molecule has 0 radical (unpaired) electrons. The van der Waals surface area contributed by atoms with Gasteiger partial charge in [-0.1, -0.05) is 34.1 Å². The van der Waals surface area contributed by atoms with Gasteiger partial charge in [0.15, 0.2) is 0 Å². The lowest BCUT2D eigenvalue weighted by Crippen LogP contribution is -2.09. The fourth-order valence-corrected chi connectivity index (χ4v) is 2.81. The van der Waals surface area contributed by atoms with E-state index in [-0.39, 0.29) is 12.0 Å². The van der Waals surface area contributed by atoms with Gasteiger partial charge >= 0.3 is 6.18 Å². The second kappa shape index (κ2) is 5.22. The van der Waals surface area contributed by atoms with Crippen LogP contribution in [0.15, 0.2) is 53.1 Å². The molecule has 0 saturated heterocycles. The van der Waals surface area contributed by atoms with Crippen LogP contribution in [-0.2, 0) is 12.6 Å². The van der Waals surface area contributed by atoms with Crippen LogP contribution in [0.1, 0.15) is 16.7 Å². The first-order valence-electron chi connectivity index (χ1n) is 6.36. The Morgan fingerprint density at radius 1 is 1.00 bits per heavy atom. The van der Waals surface area contributed by atoms with Crippen LogP contribution in [0.2, 0.25) is 0 Å². The predicted octanol–water partition coefficient (Wildman–Crippen LogP) is 5.54. The summed E-state index contributed by atoms with van der Waals surface area (Å²) in [4.78, 5) is 3.09. The SMILES string of the molecule is FC(F)(F)c1ccccc1Cc1c[nH]c2ccc(Br)cc12. The van der Waals surface area contributed by atoms with Gasteiger partial charge in [0.2, 0.25) is 0 Å². The zero-order valence-electron chi connectivity index (χ0n) is 10.8. The van der Waals surface area contributed by atoms with E-state index in [1.165, 1.54) is 12.1 Å². The highest BCUT2D eigenvalue weighted by atomic mass is 79.9. The summed E-state index contributed by atoms with van der Waals surface area (Å²) < 4.78 is 40.0. The van der Waals surface area contributed by atoms with Crippen LogP contribution in [0, 0.1) is 0 Å². The number of hydrogen-bond donors (Lipinski definition) is 1. The number of halogens is 4. The van der Waals surface area contributed by atoms with Crippen LogP contribution in [0.4, 0.5) is 13.2 Å². The molecule has 21 heavy (non-hydrogen) atoms. The van der Waals surface area contributed by atoms with Gasteiger partial charge in [0, 0.05) is 28.0 Å². The molecule has 0 spiro atoms. The van der Waals surface area contributed by atoms with Gasteiger partial charge in [0.05, 0.1) is 5.56 Å². The minimum Gasteiger partial charge on any atom is -0.361 e. The number of nitrogens with one attached hydrogen (secondary N) is 1. The molecule has 1 N–H and O–H groups in total. The Morgan fingerprint density at radius 2 is 1.76 bits per heavy atom. The molecule has 0 saturated carbocycles. The highest BCUT2D eigenvalue weighted by molar-refractivity contribution is 9.10. The summed E-state index contributed by atoms with van der Waals surface area (Å²) in [5, 5.41) is 0.932. The molecule has 0 unspecified atom stereocenters. The predicted molar refractivity (Wildman–Crippen MR) is 80.2 cm³/mol. The van der Waals surface area contributed by atoms with Crippen molar-refractivity contribution in [2.24, 2.45) is 0 Å². The monoisotopic (exact) mass is 353 g/mol. The third-order valence-corrected chi connectivity index (χ3v) is 3.93. The van der Waals surface area contributed by atoms with Crippen molar-refractivity contribution in [3.05, 3.63) is 69.8 Å². The molecule has 0 bridgehead atoms. The van der Waals surface area contributed by atoms with Gasteiger partial charge in [0.1, 0.15) is 0 Å². The largest absolute Gasteiger partial charge is 0.416 e. The van der Waals surface area contributed by atoms with Crippen LogP contribution in [0.3, 0.4) is 0 Å². The number of aromatic amines is 1. The average Bonchev–Trinajstić information content (AvgIpc) is 2.81. The molecule has 0 fully saturated rings. The van der Waals surface area contributed by atoms with E-state index < -0.39 is 11.7 Å². The lowest BCUT2D eigenvalue weighted by atomic mass is 9.99. The van der Waals surface area contributed by atoms with Gasteiger partial charge in [-0.25, -0.2) is 0 Å². The van der Waals surface area contributed by atoms with Crippen LogP contribution in [-0.4, -0.2) is 4.98 Å². The topological polar surface area (TPSA) is 15.8 Å². The second-order valence-electron chi connectivity index (χ2n) is 4.84. The number of rotatable bonds is 2. The Hall–Kier alpha value is -1.75. The van der Waals surface area contributed by atoms with E-state index >= 15 is 0 Å². The Kier molecular flexibility index (Phi) is 3.53. The smallest absolute Gasteiger partial charge is 0.361 e. The molecule has 1 nitrogen and oxygen atoms in total. The van der Waals surface area contributed by atoms with E-state index in [0.717, 1.165) is 27.0 Å². The third-order valence-electron chi connectivity index (χ3n) is 3.43. The zero-order chi connectivity index (χ0) is 15.0. The van der Waals surface area contributed by atoms with Crippen molar-refractivity contribution in [2.45, 2.75) is 12.6 Å². The molecule has 0 amide bonds. The lowest BCUT2D eigenvalue weighted by molar-refractivity contribution is -0.138. The van der Waals surface area contributed by atoms with E-state index in [1.54, 1.807) is 12.3 Å². The first-order chi connectivity index (χ1) is 9.95. The minimum absolute atomic E-state index is 0.242. The van der Waals surface area contributed by atoms with Crippen molar-refractivity contribution in [1.29, 1.82) is 0 Å². The van der Waals surface area contributed by atoms with E-state index in [1.807, 2.05) is 18.2 Å². The molecule has 0 aliphatic heterocycles. The number of fused-ring (bicyclic) bond motifs is 1. The zero-order valence-corrected chi connectivity index (χ0v) is 12.4. The molecule has 3 rings (SSSR count). The summed E-state index contributed by atoms with van der Waals surface area (Å²) in [5.74, 6) is 0. The fraction of sp³-hybridized carbons (Fsp3) is 0.125. The van der Waals surface area contributed by atoms with Crippen LogP contribution in [0.25, 0.3) is 10.9 Å². The van der Waals surface area contributed by atoms with Crippen molar-refractivity contribution in [1.82, 2.24) is 4.98 Å². The van der Waals surface area contributed by atoms with Crippen molar-refractivity contribution in [2.75, 3.05) is 0 Å². The van der Waals surface area contributed by atoms with E-state index in [9.17, 15) is 13.2 Å². The van der Waals surface area contributed by atoms with E-state index in [0.29, 0.717) is 0 Å². The van der Waals surface area contributed by atoms with Gasteiger partial charge in [0.25, 0.3) is 0 Å². The number of benzene rings is 2. The van der Waals surface area contributed by atoms with E-state index in [2.05, 4.69) is 20.9 Å². The normalized spacial score (nSPS) is 12.0. The highest BCUT2D eigenvalue weighted by Crippen LogP contribution is 2.34. The molecule has 5 heteroatoms. The lowest BCUT2D eigenvalue weighted by Gasteiger charge is -2.12. The summed E-state index contributed by atoms with van der Waals surface area (Å²) in [7, 11) is 0. The van der Waals surface area contributed by atoms with Crippen LogP contribution in [0.5, 0.6) is 0 Å². The van der Waals surface area contributed by atoms with Gasteiger partial charge in [-0.3, -0.25) is 0 Å². The molecule has 0 aliphatic rings. The first-order valence-corrected chi connectivity index (χ1v) is 7.15. The van der Waals surface area contributed by atoms with Crippen molar-refractivity contribution in [3.8, 4) is 0 Å². The molecule has 1 heterocycles. The summed E-state index contributed by atoms with van der Waals surface area (Å²) in [6.07, 6.45) is -2.32. The van der Waals surface area contributed by atoms with E-state index in [4.69, 9.17) is 0 Å². The molecule has 108 valence electrons. The maximum atomic E-state index is 13.0. The van der Waals surface area contributed by atoms with Gasteiger partial charge in [-0.2, -0.15) is 13.2 Å². The molecular formula is C16H11BrF3N. The fourth-order valence-electron chi connectivity index (χ4n) is 2.45. The number of H-pyrrole nitrogens is 1. The maximum Gasteiger partial charge on any atom is 0.416 e. The molecule has 0 atom stereocenters. The second-order valence-corrected chi connectivity index (χ2v) is 5.75. The van der Waals surface area contributed by atoms with Gasteiger partial charge in [-0.15, -0.1) is 0 Å². The van der Waals surface area contributed by atoms with Crippen molar-refractivity contribution >= 4 is 26.8 Å². The van der Waals surface area contributed by atoms with Crippen LogP contribution >= 0.6 is 15.9 Å². The Labute approximate surface area is 127 Å². The molecule has 1 aromatic heterocycles. The Morgan fingerprint density at radius 3 is 2.52 bits per heavy atom. The molecule has 3 aromatic rings. The molecule has 0 aliphatic carbocycles. The number of aromatic nitrogens is 1. The quantitative estimate of drug-likeness (QED) is 0.622. The van der Waals surface area contributed by atoms with Crippen molar-refractivity contribution < 1.29 is 13.2 Å². The Balaban J connectivity index is 2.05. The standard InChI is InChI=1S/C16H11BrF3N/c17-12-5-6-15-13(8-12)11(9-21-15)7-10-3-1-2-4-14(10)16(18,19)20/h1-6,8-9,21H,7H2. The Bertz CT molecular complexity index is 790. The average molecular weight is 354 g/mol. The number of hydrogen-bond acceptors (Lipinski definition) is 0. The first kappa shape index (κ1) is 14.2. The summed E-state index contributed by atoms with van der Waals surface area (Å²) in [5.41, 5.74) is 1.47. The summed E-state index contributed by atoms with van der Waals surface area (Å²) >= 11 is 3.39. The van der Waals surface area contributed by atoms with Crippen molar-refractivity contribution in [3.63, 3.8) is 0 Å². The highest BCUT2D eigenvalue weighted by Gasteiger charge is 2.32. The summed E-state index contributed by atoms with van der Waals surface area (Å²) in [6, 6.07) is 11.4.